The summed E-state index contributed by atoms with van der Waals surface area (Å²) in [5, 5.41) is 2.60. The average Bonchev–Trinajstić information content (AvgIpc) is 3.90. The Balaban J connectivity index is 1.01. The molecule has 0 unspecified atom stereocenters. The van der Waals surface area contributed by atoms with Crippen LogP contribution in [0.15, 0.2) is 182 Å². The molecule has 60 heavy (non-hydrogen) atoms. The van der Waals surface area contributed by atoms with E-state index in [2.05, 4.69) is 219 Å². The van der Waals surface area contributed by atoms with Gasteiger partial charge in [-0.15, -0.1) is 0 Å². The summed E-state index contributed by atoms with van der Waals surface area (Å²) in [6.45, 7) is 9.53. The van der Waals surface area contributed by atoms with E-state index >= 15 is 0 Å². The lowest BCUT2D eigenvalue weighted by molar-refractivity contribution is 0.490. The summed E-state index contributed by atoms with van der Waals surface area (Å²) in [5.41, 5.74) is 21.0. The van der Waals surface area contributed by atoms with E-state index < -0.39 is 0 Å². The van der Waals surface area contributed by atoms with Crippen LogP contribution in [0.25, 0.3) is 60.9 Å². The molecule has 2 heteroatoms. The fraction of sp³-hybridized carbons (Fsp3) is 0.172. The molecule has 0 aliphatic heterocycles. The Bertz CT molecular complexity index is 3000. The summed E-state index contributed by atoms with van der Waals surface area (Å²) in [6.07, 6.45) is 4.16. The summed E-state index contributed by atoms with van der Waals surface area (Å²) in [6, 6.07) is 68.3. The highest BCUT2D eigenvalue weighted by atomic mass is 15.1. The first-order valence-corrected chi connectivity index (χ1v) is 22.0. The monoisotopic (exact) mass is 774 g/mol. The number of hydrogen-bond acceptors (Lipinski definition) is 1. The smallest absolute Gasteiger partial charge is 0.0541 e. The number of rotatable bonds is 9. The Hall–Kier alpha value is -6.64. The van der Waals surface area contributed by atoms with Gasteiger partial charge in [-0.25, -0.2) is 0 Å². The minimum absolute atomic E-state index is 0.0706. The minimum atomic E-state index is -0.0809. The molecule has 0 radical (unpaired) electrons. The molecule has 2 aliphatic rings. The first kappa shape index (κ1) is 36.4. The first-order chi connectivity index (χ1) is 29.5. The standard InChI is InChI=1S/C58H50N2/c1-5-57(6-2)51-35-39(27-31-45(51)47-33-29-43(37-53(47)57)59(41-19-11-9-12-20-41)42-21-13-10-14-22-42)40-28-32-46-48-34-30-44(38-54(48)58(7-3,8-4)52(46)36-40)60-55-25-17-15-23-49(55)50-24-16-18-26-56(50)60/h9-38H,5-8H2,1-4H3. The fourth-order valence-electron chi connectivity index (χ4n) is 11.4. The third kappa shape index (κ3) is 5.13. The van der Waals surface area contributed by atoms with E-state index in [4.69, 9.17) is 0 Å². The largest absolute Gasteiger partial charge is 0.310 e. The van der Waals surface area contributed by atoms with Gasteiger partial charge in [-0.05, 0) is 154 Å². The van der Waals surface area contributed by atoms with Crippen LogP contribution < -0.4 is 4.90 Å². The van der Waals surface area contributed by atoms with Gasteiger partial charge in [0.05, 0.1) is 11.0 Å². The summed E-state index contributed by atoms with van der Waals surface area (Å²) < 4.78 is 2.47. The van der Waals surface area contributed by atoms with E-state index in [0.29, 0.717) is 0 Å². The second-order valence-electron chi connectivity index (χ2n) is 16.9. The normalized spacial score (nSPS) is 14.2. The zero-order chi connectivity index (χ0) is 40.6. The summed E-state index contributed by atoms with van der Waals surface area (Å²) in [7, 11) is 0. The number of fused-ring (bicyclic) bond motifs is 9. The number of para-hydroxylation sites is 4. The molecule has 0 bridgehead atoms. The van der Waals surface area contributed by atoms with Crippen molar-refractivity contribution in [1.29, 1.82) is 0 Å². The van der Waals surface area contributed by atoms with Gasteiger partial charge in [0, 0.05) is 44.4 Å². The number of nitrogens with zero attached hydrogens (tertiary/aromatic N) is 2. The Morgan fingerprint density at radius 2 is 0.767 bits per heavy atom. The molecule has 11 rings (SSSR count). The third-order valence-electron chi connectivity index (χ3n) is 14.6. The topological polar surface area (TPSA) is 8.17 Å². The van der Waals surface area contributed by atoms with Crippen molar-refractivity contribution in [3.8, 4) is 39.1 Å². The molecule has 292 valence electrons. The number of benzene rings is 8. The number of anilines is 3. The molecular weight excluding hydrogens is 725 g/mol. The van der Waals surface area contributed by atoms with Gasteiger partial charge in [0.15, 0.2) is 0 Å². The van der Waals surface area contributed by atoms with Gasteiger partial charge in [0.2, 0.25) is 0 Å². The van der Waals surface area contributed by atoms with Crippen LogP contribution in [-0.4, -0.2) is 4.57 Å². The lowest BCUT2D eigenvalue weighted by atomic mass is 9.72. The van der Waals surface area contributed by atoms with Crippen molar-refractivity contribution in [3.63, 3.8) is 0 Å². The maximum Gasteiger partial charge on any atom is 0.0541 e. The zero-order valence-corrected chi connectivity index (χ0v) is 35.0. The Morgan fingerprint density at radius 3 is 1.25 bits per heavy atom. The van der Waals surface area contributed by atoms with Gasteiger partial charge in [-0.1, -0.05) is 137 Å². The summed E-state index contributed by atoms with van der Waals surface area (Å²) in [5.74, 6) is 0. The molecule has 9 aromatic rings. The van der Waals surface area contributed by atoms with Crippen LogP contribution in [0.4, 0.5) is 17.1 Å². The second-order valence-corrected chi connectivity index (χ2v) is 16.9. The predicted molar refractivity (Wildman–Crippen MR) is 254 cm³/mol. The molecule has 0 atom stereocenters. The van der Waals surface area contributed by atoms with Crippen molar-refractivity contribution in [2.24, 2.45) is 0 Å². The first-order valence-electron chi connectivity index (χ1n) is 22.0. The molecule has 8 aromatic carbocycles. The number of hydrogen-bond donors (Lipinski definition) is 0. The van der Waals surface area contributed by atoms with Crippen LogP contribution in [0.1, 0.15) is 75.6 Å². The van der Waals surface area contributed by atoms with Crippen molar-refractivity contribution in [2.45, 2.75) is 64.2 Å². The van der Waals surface area contributed by atoms with E-state index in [1.165, 1.54) is 88.8 Å². The molecule has 2 aliphatic carbocycles. The Labute approximate surface area is 354 Å². The van der Waals surface area contributed by atoms with E-state index in [0.717, 1.165) is 37.1 Å². The van der Waals surface area contributed by atoms with Crippen molar-refractivity contribution in [2.75, 3.05) is 4.90 Å². The molecule has 2 nitrogen and oxygen atoms in total. The van der Waals surface area contributed by atoms with Crippen molar-refractivity contribution < 1.29 is 0 Å². The van der Waals surface area contributed by atoms with E-state index in [1.54, 1.807) is 0 Å². The van der Waals surface area contributed by atoms with Crippen LogP contribution in [0.3, 0.4) is 0 Å². The zero-order valence-electron chi connectivity index (χ0n) is 35.0. The van der Waals surface area contributed by atoms with Crippen molar-refractivity contribution in [1.82, 2.24) is 4.57 Å². The highest BCUT2D eigenvalue weighted by molar-refractivity contribution is 6.09. The molecule has 0 amide bonds. The van der Waals surface area contributed by atoms with Crippen LogP contribution in [0, 0.1) is 0 Å². The van der Waals surface area contributed by atoms with E-state index in [-0.39, 0.29) is 10.8 Å². The third-order valence-corrected chi connectivity index (χ3v) is 14.6. The molecule has 0 spiro atoms. The average molecular weight is 775 g/mol. The van der Waals surface area contributed by atoms with Gasteiger partial charge in [0.1, 0.15) is 0 Å². The van der Waals surface area contributed by atoms with Crippen LogP contribution >= 0.6 is 0 Å². The SMILES string of the molecule is CCC1(CC)c2cc(-c3ccc4c(c3)C(CC)(CC)c3cc(-n5c6ccccc6c6ccccc65)ccc3-4)ccc2-c2ccc(N(c3ccccc3)c3ccccc3)cc21. The maximum atomic E-state index is 2.54. The summed E-state index contributed by atoms with van der Waals surface area (Å²) >= 11 is 0. The molecule has 1 aromatic heterocycles. The van der Waals surface area contributed by atoms with Gasteiger partial charge >= 0.3 is 0 Å². The van der Waals surface area contributed by atoms with Gasteiger partial charge in [0.25, 0.3) is 0 Å². The van der Waals surface area contributed by atoms with Gasteiger partial charge < -0.3 is 9.47 Å². The molecule has 0 saturated carbocycles. The van der Waals surface area contributed by atoms with Gasteiger partial charge in [-0.3, -0.25) is 0 Å². The highest BCUT2D eigenvalue weighted by Crippen LogP contribution is 2.57. The fourth-order valence-corrected chi connectivity index (χ4v) is 11.4. The summed E-state index contributed by atoms with van der Waals surface area (Å²) in [4.78, 5) is 2.40. The van der Waals surface area contributed by atoms with Gasteiger partial charge in [-0.2, -0.15) is 0 Å². The highest BCUT2D eigenvalue weighted by Gasteiger charge is 2.43. The molecule has 0 fully saturated rings. The Morgan fingerprint density at radius 1 is 0.367 bits per heavy atom. The second kappa shape index (κ2) is 14.0. The van der Waals surface area contributed by atoms with E-state index in [1.807, 2.05) is 0 Å². The maximum absolute atomic E-state index is 2.54. The van der Waals surface area contributed by atoms with Crippen molar-refractivity contribution in [3.05, 3.63) is 204 Å². The van der Waals surface area contributed by atoms with E-state index in [9.17, 15) is 0 Å². The van der Waals surface area contributed by atoms with Crippen LogP contribution in [0.5, 0.6) is 0 Å². The van der Waals surface area contributed by atoms with Crippen molar-refractivity contribution >= 4 is 38.9 Å². The lowest BCUT2D eigenvalue weighted by Gasteiger charge is -2.32. The molecule has 0 N–H and O–H groups in total. The minimum Gasteiger partial charge on any atom is -0.310 e. The number of aromatic nitrogens is 1. The molecular formula is C58H50N2. The van der Waals surface area contributed by atoms with Crippen LogP contribution in [0.2, 0.25) is 0 Å². The Kier molecular flexibility index (Phi) is 8.50. The quantitative estimate of drug-likeness (QED) is 0.142. The molecule has 1 heterocycles. The predicted octanol–water partition coefficient (Wildman–Crippen LogP) is 16.1. The molecule has 0 saturated heterocycles. The van der Waals surface area contributed by atoms with Crippen LogP contribution in [-0.2, 0) is 10.8 Å². The lowest BCUT2D eigenvalue weighted by Crippen LogP contribution is -2.24.